The Labute approximate surface area is 116 Å². The van der Waals surface area contributed by atoms with E-state index in [1.54, 1.807) is 0 Å². The molecule has 2 rings (SSSR count). The minimum atomic E-state index is 0.367. The molecule has 0 amide bonds. The number of hydrogen-bond donors (Lipinski definition) is 1. The standard InChI is InChI=1S/C16H25NO2/c1-3-15(17-2)14-6-4-5-7-16(14)19-12-13-8-10-18-11-9-13/h4-7,13,15,17H,3,8-12H2,1-2H3. The van der Waals surface area contributed by atoms with Crippen LogP contribution in [0, 0.1) is 5.92 Å². The summed E-state index contributed by atoms with van der Waals surface area (Å²) in [4.78, 5) is 0. The first-order valence-electron chi connectivity index (χ1n) is 7.31. The molecule has 1 saturated heterocycles. The number of para-hydroxylation sites is 1. The minimum absolute atomic E-state index is 0.367. The van der Waals surface area contributed by atoms with Crippen molar-refractivity contribution in [2.24, 2.45) is 5.92 Å². The van der Waals surface area contributed by atoms with E-state index in [-0.39, 0.29) is 0 Å². The van der Waals surface area contributed by atoms with Crippen LogP contribution in [0.4, 0.5) is 0 Å². The maximum Gasteiger partial charge on any atom is 0.124 e. The summed E-state index contributed by atoms with van der Waals surface area (Å²) in [5.74, 6) is 1.66. The largest absolute Gasteiger partial charge is 0.493 e. The fraction of sp³-hybridized carbons (Fsp3) is 0.625. The molecule has 0 aromatic heterocycles. The van der Waals surface area contributed by atoms with Crippen LogP contribution >= 0.6 is 0 Å². The first kappa shape index (κ1) is 14.4. The van der Waals surface area contributed by atoms with Crippen LogP contribution in [0.5, 0.6) is 5.75 Å². The van der Waals surface area contributed by atoms with Crippen LogP contribution in [0.25, 0.3) is 0 Å². The quantitative estimate of drug-likeness (QED) is 0.855. The van der Waals surface area contributed by atoms with Crippen LogP contribution in [-0.4, -0.2) is 26.9 Å². The number of nitrogens with one attached hydrogen (secondary N) is 1. The van der Waals surface area contributed by atoms with Gasteiger partial charge in [0, 0.05) is 24.8 Å². The molecule has 1 atom stereocenters. The van der Waals surface area contributed by atoms with E-state index in [0.29, 0.717) is 12.0 Å². The second-order valence-corrected chi connectivity index (χ2v) is 5.15. The van der Waals surface area contributed by atoms with Crippen molar-refractivity contribution < 1.29 is 9.47 Å². The van der Waals surface area contributed by atoms with Crippen molar-refractivity contribution in [2.75, 3.05) is 26.9 Å². The lowest BCUT2D eigenvalue weighted by molar-refractivity contribution is 0.0495. The third-order valence-electron chi connectivity index (χ3n) is 3.87. The molecule has 1 aromatic rings. The van der Waals surface area contributed by atoms with Gasteiger partial charge in [0.25, 0.3) is 0 Å². The molecule has 3 nitrogen and oxygen atoms in total. The monoisotopic (exact) mass is 263 g/mol. The Balaban J connectivity index is 1.98. The van der Waals surface area contributed by atoms with Crippen molar-refractivity contribution >= 4 is 0 Å². The first-order valence-corrected chi connectivity index (χ1v) is 7.31. The second kappa shape index (κ2) is 7.51. The van der Waals surface area contributed by atoms with Gasteiger partial charge in [-0.3, -0.25) is 0 Å². The van der Waals surface area contributed by atoms with Gasteiger partial charge in [-0.15, -0.1) is 0 Å². The molecule has 0 bridgehead atoms. The molecule has 1 fully saturated rings. The molecule has 1 unspecified atom stereocenters. The molecule has 0 spiro atoms. The van der Waals surface area contributed by atoms with Crippen molar-refractivity contribution in [1.29, 1.82) is 0 Å². The summed E-state index contributed by atoms with van der Waals surface area (Å²) in [6.07, 6.45) is 3.30. The zero-order valence-corrected chi connectivity index (χ0v) is 12.0. The highest BCUT2D eigenvalue weighted by Gasteiger charge is 2.17. The van der Waals surface area contributed by atoms with Gasteiger partial charge in [0.1, 0.15) is 5.75 Å². The molecule has 0 radical (unpaired) electrons. The second-order valence-electron chi connectivity index (χ2n) is 5.15. The fourth-order valence-electron chi connectivity index (χ4n) is 2.60. The summed E-state index contributed by atoms with van der Waals surface area (Å²) in [6.45, 7) is 4.75. The fourth-order valence-corrected chi connectivity index (χ4v) is 2.60. The van der Waals surface area contributed by atoms with Crippen LogP contribution in [0.1, 0.15) is 37.8 Å². The van der Waals surface area contributed by atoms with Gasteiger partial charge in [-0.25, -0.2) is 0 Å². The SMILES string of the molecule is CCC(NC)c1ccccc1OCC1CCOCC1. The Morgan fingerprint density at radius 1 is 1.32 bits per heavy atom. The molecular formula is C16H25NO2. The third-order valence-corrected chi connectivity index (χ3v) is 3.87. The molecule has 1 aromatic carbocycles. The average Bonchev–Trinajstić information content (AvgIpc) is 2.48. The molecule has 106 valence electrons. The zero-order chi connectivity index (χ0) is 13.5. The lowest BCUT2D eigenvalue weighted by atomic mass is 10.0. The summed E-state index contributed by atoms with van der Waals surface area (Å²) >= 11 is 0. The Morgan fingerprint density at radius 2 is 2.05 bits per heavy atom. The number of rotatable bonds is 6. The van der Waals surface area contributed by atoms with E-state index < -0.39 is 0 Å². The molecule has 0 saturated carbocycles. The van der Waals surface area contributed by atoms with Crippen molar-refractivity contribution in [1.82, 2.24) is 5.32 Å². The highest BCUT2D eigenvalue weighted by atomic mass is 16.5. The van der Waals surface area contributed by atoms with Crippen LogP contribution in [0.15, 0.2) is 24.3 Å². The molecule has 1 N–H and O–H groups in total. The van der Waals surface area contributed by atoms with E-state index in [2.05, 4.69) is 30.4 Å². The highest BCUT2D eigenvalue weighted by Crippen LogP contribution is 2.28. The van der Waals surface area contributed by atoms with Gasteiger partial charge < -0.3 is 14.8 Å². The Morgan fingerprint density at radius 3 is 2.74 bits per heavy atom. The smallest absolute Gasteiger partial charge is 0.124 e. The minimum Gasteiger partial charge on any atom is -0.493 e. The normalized spacial score (nSPS) is 18.2. The summed E-state index contributed by atoms with van der Waals surface area (Å²) < 4.78 is 11.4. The summed E-state index contributed by atoms with van der Waals surface area (Å²) in [7, 11) is 2.00. The van der Waals surface area contributed by atoms with Gasteiger partial charge in [-0.1, -0.05) is 25.1 Å². The zero-order valence-electron chi connectivity index (χ0n) is 12.0. The molecule has 19 heavy (non-hydrogen) atoms. The van der Waals surface area contributed by atoms with E-state index in [0.717, 1.165) is 44.8 Å². The maximum atomic E-state index is 6.07. The molecule has 0 aliphatic carbocycles. The Kier molecular flexibility index (Phi) is 5.67. The van der Waals surface area contributed by atoms with Gasteiger partial charge in [-0.05, 0) is 38.3 Å². The van der Waals surface area contributed by atoms with Crippen molar-refractivity contribution in [3.05, 3.63) is 29.8 Å². The third kappa shape index (κ3) is 3.95. The van der Waals surface area contributed by atoms with Gasteiger partial charge >= 0.3 is 0 Å². The van der Waals surface area contributed by atoms with Crippen LogP contribution in [0.3, 0.4) is 0 Å². The van der Waals surface area contributed by atoms with Crippen molar-refractivity contribution in [2.45, 2.75) is 32.2 Å². The summed E-state index contributed by atoms with van der Waals surface area (Å²) in [5, 5.41) is 3.35. The van der Waals surface area contributed by atoms with E-state index in [9.17, 15) is 0 Å². The topological polar surface area (TPSA) is 30.5 Å². The van der Waals surface area contributed by atoms with Gasteiger partial charge in [-0.2, -0.15) is 0 Å². The number of benzene rings is 1. The highest BCUT2D eigenvalue weighted by molar-refractivity contribution is 5.35. The predicted molar refractivity (Wildman–Crippen MR) is 77.6 cm³/mol. The van der Waals surface area contributed by atoms with E-state index >= 15 is 0 Å². The van der Waals surface area contributed by atoms with Crippen molar-refractivity contribution in [3.8, 4) is 5.75 Å². The summed E-state index contributed by atoms with van der Waals surface area (Å²) in [6, 6.07) is 8.73. The lowest BCUT2D eigenvalue weighted by Gasteiger charge is -2.24. The van der Waals surface area contributed by atoms with Gasteiger partial charge in [0.2, 0.25) is 0 Å². The van der Waals surface area contributed by atoms with Crippen molar-refractivity contribution in [3.63, 3.8) is 0 Å². The Hall–Kier alpha value is -1.06. The van der Waals surface area contributed by atoms with E-state index in [1.807, 2.05) is 13.1 Å². The molecule has 1 heterocycles. The molecular weight excluding hydrogens is 238 g/mol. The molecule has 1 aliphatic rings. The predicted octanol–water partition coefficient (Wildman–Crippen LogP) is 3.16. The van der Waals surface area contributed by atoms with Crippen LogP contribution in [-0.2, 0) is 4.74 Å². The van der Waals surface area contributed by atoms with E-state index in [1.165, 1.54) is 5.56 Å². The number of hydrogen-bond acceptors (Lipinski definition) is 3. The Bertz CT molecular complexity index is 371. The van der Waals surface area contributed by atoms with Gasteiger partial charge in [0.15, 0.2) is 0 Å². The average molecular weight is 263 g/mol. The maximum absolute atomic E-state index is 6.07. The van der Waals surface area contributed by atoms with Crippen LogP contribution in [0.2, 0.25) is 0 Å². The lowest BCUT2D eigenvalue weighted by Crippen LogP contribution is -2.22. The molecule has 1 aliphatic heterocycles. The van der Waals surface area contributed by atoms with Gasteiger partial charge in [0.05, 0.1) is 6.61 Å². The van der Waals surface area contributed by atoms with E-state index in [4.69, 9.17) is 9.47 Å². The summed E-state index contributed by atoms with van der Waals surface area (Å²) in [5.41, 5.74) is 1.26. The molecule has 3 heteroatoms. The first-order chi connectivity index (χ1) is 9.35. The number of ether oxygens (including phenoxy) is 2. The van der Waals surface area contributed by atoms with Crippen LogP contribution < -0.4 is 10.1 Å².